The molecule has 3 aromatic rings. The summed E-state index contributed by atoms with van der Waals surface area (Å²) in [7, 11) is 0. The van der Waals surface area contributed by atoms with E-state index in [1.165, 1.54) is 18.9 Å². The molecule has 1 aliphatic rings. The Kier molecular flexibility index (Phi) is 4.85. The fraction of sp³-hybridized carbons (Fsp3) is 0.368. The van der Waals surface area contributed by atoms with Gasteiger partial charge in [-0.2, -0.15) is 10.4 Å². The Bertz CT molecular complexity index is 1020. The van der Waals surface area contributed by atoms with Crippen molar-refractivity contribution in [3.63, 3.8) is 0 Å². The molecule has 0 aromatic carbocycles. The first-order valence-corrected chi connectivity index (χ1v) is 9.23. The summed E-state index contributed by atoms with van der Waals surface area (Å²) in [4.78, 5) is 15.7. The molecule has 0 unspecified atom stereocenters. The second kappa shape index (κ2) is 7.60. The molecule has 1 aliphatic carbocycles. The molecule has 3 N–H and O–H groups in total. The molecular weight excluding hydrogens is 354 g/mol. The second-order valence-corrected chi connectivity index (χ2v) is 7.05. The molecule has 0 aliphatic heterocycles. The molecule has 142 valence electrons. The lowest BCUT2D eigenvalue weighted by molar-refractivity contribution is 0.159. The summed E-state index contributed by atoms with van der Waals surface area (Å²) < 4.78 is 1.84. The predicted molar refractivity (Wildman–Crippen MR) is 104 cm³/mol. The zero-order valence-electron chi connectivity index (χ0n) is 15.3. The lowest BCUT2D eigenvalue weighted by Gasteiger charge is -2.38. The van der Waals surface area contributed by atoms with Crippen LogP contribution < -0.4 is 5.32 Å². The number of hydrogen-bond acceptors (Lipinski definition) is 7. The summed E-state index contributed by atoms with van der Waals surface area (Å²) in [5, 5.41) is 25.7. The topological polar surface area (TPSA) is 132 Å². The Hall–Kier alpha value is -3.54. The number of allylic oxidation sites excluding steroid dienone is 1. The van der Waals surface area contributed by atoms with E-state index in [0.29, 0.717) is 12.0 Å². The lowest BCUT2D eigenvalue weighted by atomic mass is 9.77. The van der Waals surface area contributed by atoms with Crippen LogP contribution in [0, 0.1) is 16.7 Å². The van der Waals surface area contributed by atoms with E-state index in [1.54, 1.807) is 6.33 Å². The summed E-state index contributed by atoms with van der Waals surface area (Å²) in [5.74, 6) is 0. The van der Waals surface area contributed by atoms with Crippen molar-refractivity contribution in [2.24, 2.45) is 0 Å². The van der Waals surface area contributed by atoms with Gasteiger partial charge in [-0.25, -0.2) is 19.6 Å². The van der Waals surface area contributed by atoms with Crippen molar-refractivity contribution in [3.8, 4) is 6.07 Å². The van der Waals surface area contributed by atoms with E-state index in [1.807, 2.05) is 23.1 Å². The van der Waals surface area contributed by atoms with Gasteiger partial charge in [0.1, 0.15) is 24.6 Å². The van der Waals surface area contributed by atoms with Gasteiger partial charge in [-0.05, 0) is 31.7 Å². The second-order valence-electron chi connectivity index (χ2n) is 7.05. The van der Waals surface area contributed by atoms with Crippen LogP contribution in [0.3, 0.4) is 0 Å². The molecule has 1 fully saturated rings. The highest BCUT2D eigenvalue weighted by Crippen LogP contribution is 2.37. The van der Waals surface area contributed by atoms with Crippen LogP contribution in [0.2, 0.25) is 0 Å². The van der Waals surface area contributed by atoms with Crippen molar-refractivity contribution in [2.45, 2.75) is 43.7 Å². The molecular formula is C19H21N9. The first-order chi connectivity index (χ1) is 13.8. The van der Waals surface area contributed by atoms with Crippen LogP contribution in [0.4, 0.5) is 0 Å². The zero-order valence-corrected chi connectivity index (χ0v) is 15.3. The number of nitriles is 1. The third kappa shape index (κ3) is 3.24. The lowest BCUT2D eigenvalue weighted by Crippen LogP contribution is -2.42. The maximum atomic E-state index is 9.28. The highest BCUT2D eigenvalue weighted by atomic mass is 15.4. The third-order valence-electron chi connectivity index (χ3n) is 5.49. The van der Waals surface area contributed by atoms with Crippen LogP contribution in [0.5, 0.6) is 0 Å². The molecule has 0 amide bonds. The summed E-state index contributed by atoms with van der Waals surface area (Å²) in [6.45, 7) is 0. The smallest absolute Gasteiger partial charge is 0.141 e. The van der Waals surface area contributed by atoms with Gasteiger partial charge < -0.3 is 15.7 Å². The van der Waals surface area contributed by atoms with Gasteiger partial charge >= 0.3 is 0 Å². The van der Waals surface area contributed by atoms with Crippen LogP contribution in [-0.4, -0.2) is 42.0 Å². The van der Waals surface area contributed by atoms with Gasteiger partial charge in [0.15, 0.2) is 0 Å². The predicted octanol–water partition coefficient (Wildman–Crippen LogP) is 2.38. The van der Waals surface area contributed by atoms with Crippen LogP contribution in [0.15, 0.2) is 37.4 Å². The van der Waals surface area contributed by atoms with Crippen LogP contribution in [0.25, 0.3) is 16.6 Å². The van der Waals surface area contributed by atoms with Gasteiger partial charge in [-0.3, -0.25) is 0 Å². The minimum absolute atomic E-state index is 0.272. The Morgan fingerprint density at radius 3 is 2.96 bits per heavy atom. The first kappa shape index (κ1) is 17.9. The minimum atomic E-state index is -0.276. The SMILES string of the molecule is N#CC[C@]1(n2cncn2)CC[C@@H](N/C=C(\C=N)c2ncnc3[nH]ccc23)CC1. The first-order valence-electron chi connectivity index (χ1n) is 9.23. The Labute approximate surface area is 162 Å². The summed E-state index contributed by atoms with van der Waals surface area (Å²) in [6, 6.07) is 4.49. The number of H-pyrrole nitrogens is 1. The molecule has 9 nitrogen and oxygen atoms in total. The summed E-state index contributed by atoms with van der Waals surface area (Å²) in [5.41, 5.74) is 1.91. The third-order valence-corrected chi connectivity index (χ3v) is 5.49. The van der Waals surface area contributed by atoms with Gasteiger partial charge in [-0.1, -0.05) is 0 Å². The fourth-order valence-corrected chi connectivity index (χ4v) is 3.90. The summed E-state index contributed by atoms with van der Waals surface area (Å²) in [6.07, 6.45) is 13.7. The highest BCUT2D eigenvalue weighted by molar-refractivity contribution is 6.11. The molecule has 4 rings (SSSR count). The summed E-state index contributed by atoms with van der Waals surface area (Å²) >= 11 is 0. The molecule has 0 atom stereocenters. The number of aromatic amines is 1. The molecule has 0 spiro atoms. The van der Waals surface area contributed by atoms with Gasteiger partial charge in [0.2, 0.25) is 0 Å². The van der Waals surface area contributed by atoms with E-state index in [9.17, 15) is 5.26 Å². The number of hydrogen-bond donors (Lipinski definition) is 3. The van der Waals surface area contributed by atoms with E-state index >= 15 is 0 Å². The quantitative estimate of drug-likeness (QED) is 0.567. The average molecular weight is 375 g/mol. The van der Waals surface area contributed by atoms with Gasteiger partial charge in [0.25, 0.3) is 0 Å². The van der Waals surface area contributed by atoms with Crippen LogP contribution >= 0.6 is 0 Å². The van der Waals surface area contributed by atoms with Crippen molar-refractivity contribution in [3.05, 3.63) is 43.1 Å². The fourth-order valence-electron chi connectivity index (χ4n) is 3.90. The van der Waals surface area contributed by atoms with Crippen molar-refractivity contribution < 1.29 is 0 Å². The molecule has 28 heavy (non-hydrogen) atoms. The van der Waals surface area contributed by atoms with E-state index in [0.717, 1.165) is 42.4 Å². The number of nitrogens with one attached hydrogen (secondary N) is 3. The normalized spacial score (nSPS) is 22.7. The Morgan fingerprint density at radius 1 is 1.39 bits per heavy atom. The standard InChI is InChI=1S/C19H21N9/c20-7-6-19(28-13-22-11-27-28)4-1-15(2-5-19)24-10-14(9-21)17-16-3-8-23-18(16)26-12-25-17/h3,8-13,15,21,24H,1-2,4-6H2,(H,23,25,26)/b14-10+,21-9?/t15-,19+. The van der Waals surface area contributed by atoms with Crippen molar-refractivity contribution >= 4 is 22.8 Å². The number of rotatable bonds is 6. The Balaban J connectivity index is 1.48. The zero-order chi connectivity index (χ0) is 19.4. The highest BCUT2D eigenvalue weighted by Gasteiger charge is 2.37. The monoisotopic (exact) mass is 375 g/mol. The number of nitrogens with zero attached hydrogens (tertiary/aromatic N) is 6. The van der Waals surface area contributed by atoms with Crippen LogP contribution in [-0.2, 0) is 5.54 Å². The van der Waals surface area contributed by atoms with Gasteiger partial charge in [-0.15, -0.1) is 0 Å². The van der Waals surface area contributed by atoms with Crippen LogP contribution in [0.1, 0.15) is 37.8 Å². The van der Waals surface area contributed by atoms with Crippen molar-refractivity contribution in [2.75, 3.05) is 0 Å². The molecule has 3 aromatic heterocycles. The molecule has 0 bridgehead atoms. The average Bonchev–Trinajstić information content (AvgIpc) is 3.42. The molecule has 1 saturated carbocycles. The maximum absolute atomic E-state index is 9.28. The molecule has 0 radical (unpaired) electrons. The van der Waals surface area contributed by atoms with E-state index in [4.69, 9.17) is 5.41 Å². The van der Waals surface area contributed by atoms with Crippen molar-refractivity contribution in [1.82, 2.24) is 35.0 Å². The van der Waals surface area contributed by atoms with E-state index in [-0.39, 0.29) is 11.6 Å². The maximum Gasteiger partial charge on any atom is 0.141 e. The van der Waals surface area contributed by atoms with Crippen molar-refractivity contribution in [1.29, 1.82) is 10.7 Å². The van der Waals surface area contributed by atoms with Gasteiger partial charge in [0, 0.05) is 35.6 Å². The molecule has 3 heterocycles. The number of aromatic nitrogens is 6. The van der Waals surface area contributed by atoms with Gasteiger partial charge in [0.05, 0.1) is 23.7 Å². The largest absolute Gasteiger partial charge is 0.388 e. The molecule has 9 heteroatoms. The minimum Gasteiger partial charge on any atom is -0.388 e. The molecule has 0 saturated heterocycles. The van der Waals surface area contributed by atoms with E-state index in [2.05, 4.69) is 36.4 Å². The Morgan fingerprint density at radius 2 is 2.25 bits per heavy atom. The van der Waals surface area contributed by atoms with E-state index < -0.39 is 0 Å². The number of fused-ring (bicyclic) bond motifs is 1.